The normalized spacial score (nSPS) is 11.9. The van der Waals surface area contributed by atoms with Crippen molar-refractivity contribution in [3.05, 3.63) is 34.3 Å². The molecule has 3 N–H and O–H groups in total. The van der Waals surface area contributed by atoms with Crippen molar-refractivity contribution in [2.45, 2.75) is 19.6 Å². The number of nitrogens with one attached hydrogen (secondary N) is 1. The summed E-state index contributed by atoms with van der Waals surface area (Å²) in [4.78, 5) is 21.9. The molecule has 0 saturated carbocycles. The van der Waals surface area contributed by atoms with Gasteiger partial charge in [-0.1, -0.05) is 28.1 Å². The molecule has 6 heteroatoms. The second-order valence-corrected chi connectivity index (χ2v) is 4.71. The number of halogens is 1. The first-order chi connectivity index (χ1) is 8.49. The van der Waals surface area contributed by atoms with E-state index in [2.05, 4.69) is 21.2 Å². The third-order valence-corrected chi connectivity index (χ3v) is 2.72. The average Bonchev–Trinajstić information content (AvgIpc) is 2.29. The number of amides is 2. The standard InChI is InChI=1S/C12H15BrN2O3/c1-8(16)15-11(12(14)17)7-18-6-9-2-4-10(13)5-3-9/h2-5,11H,6-7H2,1H3,(H2,14,17)(H,15,16)/t11-/m0/s1. The van der Waals surface area contributed by atoms with Crippen molar-refractivity contribution >= 4 is 27.7 Å². The molecule has 0 radical (unpaired) electrons. The molecule has 0 fully saturated rings. The van der Waals surface area contributed by atoms with Crippen LogP contribution in [0.15, 0.2) is 28.7 Å². The number of hydrogen-bond donors (Lipinski definition) is 2. The van der Waals surface area contributed by atoms with E-state index < -0.39 is 11.9 Å². The molecule has 2 amide bonds. The van der Waals surface area contributed by atoms with Gasteiger partial charge >= 0.3 is 0 Å². The van der Waals surface area contributed by atoms with Gasteiger partial charge in [0.25, 0.3) is 0 Å². The van der Waals surface area contributed by atoms with Gasteiger partial charge in [-0.15, -0.1) is 0 Å². The zero-order valence-corrected chi connectivity index (χ0v) is 11.6. The first-order valence-corrected chi connectivity index (χ1v) is 6.17. The Labute approximate surface area is 114 Å². The number of primary amides is 1. The number of nitrogens with two attached hydrogens (primary N) is 1. The lowest BCUT2D eigenvalue weighted by Crippen LogP contribution is -2.46. The predicted octanol–water partition coefficient (Wildman–Crippen LogP) is 0.956. The minimum atomic E-state index is -0.794. The first-order valence-electron chi connectivity index (χ1n) is 5.37. The summed E-state index contributed by atoms with van der Waals surface area (Å²) in [6.07, 6.45) is 0. The van der Waals surface area contributed by atoms with Crippen molar-refractivity contribution in [1.82, 2.24) is 5.32 Å². The maximum atomic E-state index is 11.0. The Kier molecular flexibility index (Phi) is 5.80. The highest BCUT2D eigenvalue weighted by atomic mass is 79.9. The van der Waals surface area contributed by atoms with Crippen LogP contribution in [-0.2, 0) is 20.9 Å². The number of rotatable bonds is 6. The van der Waals surface area contributed by atoms with Gasteiger partial charge in [0, 0.05) is 11.4 Å². The van der Waals surface area contributed by atoms with Crippen LogP contribution in [0, 0.1) is 0 Å². The number of carbonyl (C=O) groups excluding carboxylic acids is 2. The summed E-state index contributed by atoms with van der Waals surface area (Å²) in [6.45, 7) is 1.74. The van der Waals surface area contributed by atoms with Gasteiger partial charge in [-0.2, -0.15) is 0 Å². The molecule has 1 aromatic carbocycles. The SMILES string of the molecule is CC(=O)N[C@@H](COCc1ccc(Br)cc1)C(N)=O. The van der Waals surface area contributed by atoms with Gasteiger partial charge in [0.2, 0.25) is 11.8 Å². The van der Waals surface area contributed by atoms with Crippen molar-refractivity contribution in [2.24, 2.45) is 5.73 Å². The third-order valence-electron chi connectivity index (χ3n) is 2.19. The summed E-state index contributed by atoms with van der Waals surface area (Å²) < 4.78 is 6.34. The molecule has 0 aliphatic heterocycles. The molecule has 18 heavy (non-hydrogen) atoms. The van der Waals surface area contributed by atoms with E-state index in [1.165, 1.54) is 6.92 Å². The van der Waals surface area contributed by atoms with Crippen LogP contribution < -0.4 is 11.1 Å². The van der Waals surface area contributed by atoms with Crippen LogP contribution in [0.1, 0.15) is 12.5 Å². The minimum Gasteiger partial charge on any atom is -0.374 e. The Hall–Kier alpha value is -1.40. The number of carbonyl (C=O) groups is 2. The fraction of sp³-hybridized carbons (Fsp3) is 0.333. The smallest absolute Gasteiger partial charge is 0.242 e. The molecule has 1 aromatic rings. The molecule has 0 aliphatic rings. The maximum absolute atomic E-state index is 11.0. The Morgan fingerprint density at radius 3 is 2.50 bits per heavy atom. The van der Waals surface area contributed by atoms with Crippen LogP contribution >= 0.6 is 15.9 Å². The lowest BCUT2D eigenvalue weighted by atomic mass is 10.2. The van der Waals surface area contributed by atoms with Crippen LogP contribution in [0.25, 0.3) is 0 Å². The predicted molar refractivity (Wildman–Crippen MR) is 70.6 cm³/mol. The Bertz CT molecular complexity index is 420. The summed E-state index contributed by atoms with van der Waals surface area (Å²) in [5.74, 6) is -0.924. The van der Waals surface area contributed by atoms with Crippen LogP contribution in [0.5, 0.6) is 0 Å². The fourth-order valence-corrected chi connectivity index (χ4v) is 1.58. The summed E-state index contributed by atoms with van der Waals surface area (Å²) >= 11 is 3.33. The Morgan fingerprint density at radius 2 is 2.00 bits per heavy atom. The number of benzene rings is 1. The van der Waals surface area contributed by atoms with Crippen LogP contribution in [0.2, 0.25) is 0 Å². The van der Waals surface area contributed by atoms with E-state index >= 15 is 0 Å². The van der Waals surface area contributed by atoms with Crippen molar-refractivity contribution in [1.29, 1.82) is 0 Å². The van der Waals surface area contributed by atoms with Crippen LogP contribution in [0.3, 0.4) is 0 Å². The molecule has 1 atom stereocenters. The summed E-state index contributed by atoms with van der Waals surface area (Å²) in [5.41, 5.74) is 6.12. The molecule has 5 nitrogen and oxygen atoms in total. The number of ether oxygens (including phenoxy) is 1. The monoisotopic (exact) mass is 314 g/mol. The first kappa shape index (κ1) is 14.7. The average molecular weight is 315 g/mol. The van der Waals surface area contributed by atoms with Crippen molar-refractivity contribution in [3.8, 4) is 0 Å². The second kappa shape index (κ2) is 7.13. The second-order valence-electron chi connectivity index (χ2n) is 3.80. The summed E-state index contributed by atoms with van der Waals surface area (Å²) in [5, 5.41) is 2.43. The minimum absolute atomic E-state index is 0.0605. The van der Waals surface area contributed by atoms with E-state index in [4.69, 9.17) is 10.5 Å². The van der Waals surface area contributed by atoms with Gasteiger partial charge in [-0.25, -0.2) is 0 Å². The van der Waals surface area contributed by atoms with Gasteiger partial charge in [-0.05, 0) is 17.7 Å². The van der Waals surface area contributed by atoms with Gasteiger partial charge < -0.3 is 15.8 Å². The van der Waals surface area contributed by atoms with E-state index in [0.29, 0.717) is 6.61 Å². The van der Waals surface area contributed by atoms with Gasteiger partial charge in [-0.3, -0.25) is 9.59 Å². The Balaban J connectivity index is 2.41. The molecule has 0 aromatic heterocycles. The van der Waals surface area contributed by atoms with Crippen molar-refractivity contribution in [2.75, 3.05) is 6.61 Å². The van der Waals surface area contributed by atoms with Gasteiger partial charge in [0.15, 0.2) is 0 Å². The lowest BCUT2D eigenvalue weighted by Gasteiger charge is -2.14. The van der Waals surface area contributed by atoms with E-state index in [1.54, 1.807) is 0 Å². The molecular formula is C12H15BrN2O3. The quantitative estimate of drug-likeness (QED) is 0.820. The largest absolute Gasteiger partial charge is 0.374 e. The Morgan fingerprint density at radius 1 is 1.39 bits per heavy atom. The van der Waals surface area contributed by atoms with E-state index in [9.17, 15) is 9.59 Å². The van der Waals surface area contributed by atoms with Gasteiger partial charge in [0.1, 0.15) is 6.04 Å². The molecule has 98 valence electrons. The third kappa shape index (κ3) is 5.29. The number of hydrogen-bond acceptors (Lipinski definition) is 3. The van der Waals surface area contributed by atoms with Crippen LogP contribution in [-0.4, -0.2) is 24.5 Å². The van der Waals surface area contributed by atoms with Crippen molar-refractivity contribution < 1.29 is 14.3 Å². The van der Waals surface area contributed by atoms with Crippen LogP contribution in [0.4, 0.5) is 0 Å². The fourth-order valence-electron chi connectivity index (χ4n) is 1.32. The zero-order chi connectivity index (χ0) is 13.5. The maximum Gasteiger partial charge on any atom is 0.242 e. The molecule has 0 spiro atoms. The van der Waals surface area contributed by atoms with E-state index in [1.807, 2.05) is 24.3 Å². The highest BCUT2D eigenvalue weighted by Gasteiger charge is 2.16. The summed E-state index contributed by atoms with van der Waals surface area (Å²) in [7, 11) is 0. The molecular weight excluding hydrogens is 300 g/mol. The zero-order valence-electron chi connectivity index (χ0n) is 9.98. The molecule has 1 rings (SSSR count). The molecule has 0 bridgehead atoms. The molecule has 0 heterocycles. The summed E-state index contributed by atoms with van der Waals surface area (Å²) in [6, 6.07) is 6.82. The highest BCUT2D eigenvalue weighted by molar-refractivity contribution is 9.10. The van der Waals surface area contributed by atoms with Gasteiger partial charge in [0.05, 0.1) is 13.2 Å². The van der Waals surface area contributed by atoms with E-state index in [0.717, 1.165) is 10.0 Å². The molecule has 0 aliphatic carbocycles. The topological polar surface area (TPSA) is 81.4 Å². The highest BCUT2D eigenvalue weighted by Crippen LogP contribution is 2.11. The van der Waals surface area contributed by atoms with E-state index in [-0.39, 0.29) is 12.5 Å². The molecule has 0 unspecified atom stereocenters. The lowest BCUT2D eigenvalue weighted by molar-refractivity contribution is -0.127. The van der Waals surface area contributed by atoms with Crippen molar-refractivity contribution in [3.63, 3.8) is 0 Å². The molecule has 0 saturated heterocycles.